The van der Waals surface area contributed by atoms with Gasteiger partial charge in [-0.3, -0.25) is 4.79 Å². The van der Waals surface area contributed by atoms with Crippen molar-refractivity contribution in [1.29, 1.82) is 0 Å². The molecule has 2 N–H and O–H groups in total. The van der Waals surface area contributed by atoms with Crippen LogP contribution in [0.4, 0.5) is 9.18 Å². The van der Waals surface area contributed by atoms with Gasteiger partial charge in [0.1, 0.15) is 35.3 Å². The molecule has 0 radical (unpaired) electrons. The first-order valence-corrected chi connectivity index (χ1v) is 12.0. The molecule has 0 heterocycles. The Balaban J connectivity index is 0.00000235. The number of amides is 1. The summed E-state index contributed by atoms with van der Waals surface area (Å²) >= 11 is 0. The van der Waals surface area contributed by atoms with Crippen LogP contribution >= 0.6 is 0 Å². The fraction of sp³-hybridized carbons (Fsp3) is 0.333. The number of alkyl carbamates (subject to hydrolysis) is 1. The zero-order chi connectivity index (χ0) is 27.4. The van der Waals surface area contributed by atoms with Gasteiger partial charge >= 0.3 is 12.1 Å². The second kappa shape index (κ2) is 15.2. The smallest absolute Gasteiger partial charge is 0.408 e. The molecule has 0 aliphatic carbocycles. The summed E-state index contributed by atoms with van der Waals surface area (Å²) in [5.74, 6) is 0.313. The molecule has 3 aromatic carbocycles. The van der Waals surface area contributed by atoms with Crippen molar-refractivity contribution in [3.63, 3.8) is 0 Å². The first-order valence-electron chi connectivity index (χ1n) is 12.0. The summed E-state index contributed by atoms with van der Waals surface area (Å²) in [6.45, 7) is 9.47. The normalized spacial score (nSPS) is 11.1. The van der Waals surface area contributed by atoms with Gasteiger partial charge in [-0.1, -0.05) is 45.5 Å². The van der Waals surface area contributed by atoms with E-state index in [9.17, 15) is 19.1 Å². The Kier molecular flexibility index (Phi) is 12.8. The van der Waals surface area contributed by atoms with Crippen molar-refractivity contribution < 1.29 is 33.3 Å². The van der Waals surface area contributed by atoms with E-state index in [2.05, 4.69) is 5.32 Å². The van der Waals surface area contributed by atoms with Crippen LogP contribution < -0.4 is 14.8 Å². The molecule has 1 atom stereocenters. The van der Waals surface area contributed by atoms with Gasteiger partial charge in [-0.25, -0.2) is 9.18 Å². The second-order valence-corrected chi connectivity index (χ2v) is 8.86. The molecule has 3 aromatic rings. The van der Waals surface area contributed by atoms with Crippen LogP contribution in [0.25, 0.3) is 0 Å². The molecule has 0 spiro atoms. The number of rotatable bonds is 9. The molecule has 0 aliphatic heterocycles. The third-order valence-electron chi connectivity index (χ3n) is 4.71. The van der Waals surface area contributed by atoms with Gasteiger partial charge in [-0.05, 0) is 80.4 Å². The Morgan fingerprint density at radius 3 is 2.11 bits per heavy atom. The fourth-order valence-corrected chi connectivity index (χ4v) is 3.18. The molecular weight excluding hydrogens is 489 g/mol. The zero-order valence-corrected chi connectivity index (χ0v) is 21.8. The summed E-state index contributed by atoms with van der Waals surface area (Å²) in [6.07, 6.45) is -0.980. The lowest BCUT2D eigenvalue weighted by Gasteiger charge is -2.23. The van der Waals surface area contributed by atoms with E-state index in [0.29, 0.717) is 22.8 Å². The van der Waals surface area contributed by atoms with Gasteiger partial charge in [0, 0.05) is 0 Å². The minimum absolute atomic E-state index is 0. The lowest BCUT2D eigenvalue weighted by molar-refractivity contribution is -0.137. The van der Waals surface area contributed by atoms with Crippen LogP contribution in [0, 0.1) is 5.82 Å². The maximum atomic E-state index is 13.1. The quantitative estimate of drug-likeness (QED) is 0.294. The number of benzene rings is 3. The Hall–Kier alpha value is -4.07. The van der Waals surface area contributed by atoms with Gasteiger partial charge in [0.2, 0.25) is 0 Å². The molecule has 1 unspecified atom stereocenters. The summed E-state index contributed by atoms with van der Waals surface area (Å²) < 4.78 is 29.9. The van der Waals surface area contributed by atoms with E-state index in [1.165, 1.54) is 12.1 Å². The van der Waals surface area contributed by atoms with Crippen LogP contribution in [-0.2, 0) is 16.1 Å². The summed E-state index contributed by atoms with van der Waals surface area (Å²) in [5, 5.41) is 11.8. The summed E-state index contributed by atoms with van der Waals surface area (Å²) in [5.41, 5.74) is 0.779. The van der Waals surface area contributed by atoms with Crippen LogP contribution in [0.15, 0.2) is 72.8 Å². The second-order valence-electron chi connectivity index (χ2n) is 8.86. The molecule has 3 rings (SSSR count). The summed E-state index contributed by atoms with van der Waals surface area (Å²) in [7, 11) is 0. The van der Waals surface area contributed by atoms with Gasteiger partial charge in [-0.2, -0.15) is 0 Å². The minimum Gasteiger partial charge on any atom is -0.489 e. The van der Waals surface area contributed by atoms with Crippen molar-refractivity contribution in [1.82, 2.24) is 5.32 Å². The van der Waals surface area contributed by atoms with Gasteiger partial charge in [0.25, 0.3) is 0 Å². The van der Waals surface area contributed by atoms with E-state index < -0.39 is 23.7 Å². The molecule has 1 amide bonds. The maximum absolute atomic E-state index is 13.1. The third-order valence-corrected chi connectivity index (χ3v) is 4.71. The molecule has 0 aliphatic rings. The number of carbonyl (C=O) groups is 2. The molecule has 0 fully saturated rings. The highest BCUT2D eigenvalue weighted by molar-refractivity contribution is 5.72. The Labute approximate surface area is 224 Å². The molecule has 38 heavy (non-hydrogen) atoms. The summed E-state index contributed by atoms with van der Waals surface area (Å²) in [6, 6.07) is 19.2. The molecule has 0 saturated carbocycles. The monoisotopic (exact) mass is 527 g/mol. The maximum Gasteiger partial charge on any atom is 0.408 e. The number of carboxylic acids is 1. The van der Waals surface area contributed by atoms with E-state index in [0.717, 1.165) is 5.56 Å². The standard InChI is InChI=1S/C27H28FNO6.C2H6.CH4/c1-27(2,3)35-26(32)29-24(16-25(30)31)19-7-11-21(12-8-19)33-17-18-5-4-6-23(15-18)34-22-13-9-20(28)10-14-22;1-2;/h4-15,24H,16-17H2,1-3H3,(H,29,32)(H,30,31);1-2H3;1H4. The molecule has 8 heteroatoms. The summed E-state index contributed by atoms with van der Waals surface area (Å²) in [4.78, 5) is 23.4. The number of halogens is 1. The Morgan fingerprint density at radius 2 is 1.53 bits per heavy atom. The average Bonchev–Trinajstić information content (AvgIpc) is 2.84. The highest BCUT2D eigenvalue weighted by Crippen LogP contribution is 2.25. The number of ether oxygens (including phenoxy) is 3. The van der Waals surface area contributed by atoms with E-state index in [-0.39, 0.29) is 26.3 Å². The predicted molar refractivity (Wildman–Crippen MR) is 146 cm³/mol. The number of carbonyl (C=O) groups excluding carboxylic acids is 1. The highest BCUT2D eigenvalue weighted by Gasteiger charge is 2.22. The first kappa shape index (κ1) is 32.0. The Bertz CT molecular complexity index is 1140. The number of carboxylic acid groups (broad SMARTS) is 1. The topological polar surface area (TPSA) is 94.1 Å². The highest BCUT2D eigenvalue weighted by atomic mass is 19.1. The number of aliphatic carboxylic acids is 1. The predicted octanol–water partition coefficient (Wildman–Crippen LogP) is 7.90. The van der Waals surface area contributed by atoms with Crippen LogP contribution in [0.2, 0.25) is 0 Å². The van der Waals surface area contributed by atoms with E-state index in [1.54, 1.807) is 63.2 Å². The Morgan fingerprint density at radius 1 is 0.921 bits per heavy atom. The van der Waals surface area contributed by atoms with E-state index in [1.807, 2.05) is 32.0 Å². The minimum atomic E-state index is -1.05. The van der Waals surface area contributed by atoms with Gasteiger partial charge in [-0.15, -0.1) is 0 Å². The van der Waals surface area contributed by atoms with E-state index in [4.69, 9.17) is 14.2 Å². The van der Waals surface area contributed by atoms with Crippen LogP contribution in [0.5, 0.6) is 17.2 Å². The van der Waals surface area contributed by atoms with Crippen molar-refractivity contribution in [2.45, 2.75) is 66.7 Å². The van der Waals surface area contributed by atoms with Crippen molar-refractivity contribution >= 4 is 12.1 Å². The number of hydrogen-bond donors (Lipinski definition) is 2. The SMILES string of the molecule is C.CC.CC(C)(C)OC(=O)NC(CC(=O)O)c1ccc(OCc2cccc(Oc3ccc(F)cc3)c2)cc1. The largest absolute Gasteiger partial charge is 0.489 e. The molecule has 206 valence electrons. The van der Waals surface area contributed by atoms with Crippen LogP contribution in [0.3, 0.4) is 0 Å². The van der Waals surface area contributed by atoms with Crippen molar-refractivity contribution in [2.24, 2.45) is 0 Å². The van der Waals surface area contributed by atoms with Crippen molar-refractivity contribution in [3.8, 4) is 17.2 Å². The lowest BCUT2D eigenvalue weighted by Crippen LogP contribution is -2.35. The molecule has 0 aromatic heterocycles. The number of hydrogen-bond acceptors (Lipinski definition) is 5. The molecule has 7 nitrogen and oxygen atoms in total. The zero-order valence-electron chi connectivity index (χ0n) is 21.8. The van der Waals surface area contributed by atoms with Crippen molar-refractivity contribution in [2.75, 3.05) is 0 Å². The van der Waals surface area contributed by atoms with Crippen LogP contribution in [0.1, 0.15) is 65.6 Å². The number of nitrogens with one attached hydrogen (secondary N) is 1. The van der Waals surface area contributed by atoms with Crippen LogP contribution in [-0.4, -0.2) is 22.8 Å². The molecular formula is C30H38FNO6. The molecule has 0 saturated heterocycles. The van der Waals surface area contributed by atoms with Gasteiger partial charge < -0.3 is 24.6 Å². The van der Waals surface area contributed by atoms with Gasteiger partial charge in [0.05, 0.1) is 12.5 Å². The lowest BCUT2D eigenvalue weighted by atomic mass is 10.0. The fourth-order valence-electron chi connectivity index (χ4n) is 3.18. The van der Waals surface area contributed by atoms with E-state index >= 15 is 0 Å². The van der Waals surface area contributed by atoms with Crippen molar-refractivity contribution in [3.05, 3.63) is 89.7 Å². The van der Waals surface area contributed by atoms with Gasteiger partial charge in [0.15, 0.2) is 0 Å². The molecule has 0 bridgehead atoms. The third kappa shape index (κ3) is 11.3. The first-order chi connectivity index (χ1) is 17.6. The average molecular weight is 528 g/mol.